The van der Waals surface area contributed by atoms with E-state index in [1.54, 1.807) is 36.4 Å². The number of carbonyl (C=O) groups excluding carboxylic acids is 2. The second kappa shape index (κ2) is 19.1. The SMILES string of the molecule is CC(NC(=O)CCCC=CC[C@@H]1[C@@H](C=C[C@@H](O)COc2cccc(Cl)c2)[C@H](O)C[C@@H]1O)C(=O)OCCCCO[N+](=O)[O-]. The van der Waals surface area contributed by atoms with Crippen LogP contribution in [-0.4, -0.2) is 76.5 Å². The van der Waals surface area contributed by atoms with E-state index in [9.17, 15) is 35.0 Å². The number of allylic oxidation sites excluding steroid dienone is 2. The highest BCUT2D eigenvalue weighted by Gasteiger charge is 2.39. The van der Waals surface area contributed by atoms with Crippen molar-refractivity contribution in [2.75, 3.05) is 19.8 Å². The molecule has 2 rings (SSSR count). The first-order chi connectivity index (χ1) is 20.1. The van der Waals surface area contributed by atoms with E-state index in [1.165, 1.54) is 6.92 Å². The van der Waals surface area contributed by atoms with Crippen LogP contribution in [0.25, 0.3) is 0 Å². The molecule has 1 aliphatic carbocycles. The maximum absolute atomic E-state index is 12.1. The zero-order valence-electron chi connectivity index (χ0n) is 23.7. The number of amides is 1. The zero-order valence-corrected chi connectivity index (χ0v) is 24.4. The lowest BCUT2D eigenvalue weighted by Gasteiger charge is -2.19. The van der Waals surface area contributed by atoms with E-state index in [0.717, 1.165) is 0 Å². The lowest BCUT2D eigenvalue weighted by atomic mass is 9.89. The maximum Gasteiger partial charge on any atom is 0.328 e. The molecular weight excluding hydrogens is 572 g/mol. The van der Waals surface area contributed by atoms with Gasteiger partial charge in [0, 0.05) is 23.8 Å². The Morgan fingerprint density at radius 1 is 1.19 bits per heavy atom. The summed E-state index contributed by atoms with van der Waals surface area (Å²) in [6.45, 7) is 1.54. The van der Waals surface area contributed by atoms with Crippen LogP contribution in [0.4, 0.5) is 0 Å². The van der Waals surface area contributed by atoms with Crippen molar-refractivity contribution in [3.8, 4) is 5.75 Å². The second-order valence-electron chi connectivity index (χ2n) is 10.2. The van der Waals surface area contributed by atoms with Gasteiger partial charge in [0.15, 0.2) is 0 Å². The summed E-state index contributed by atoms with van der Waals surface area (Å²) in [5.74, 6) is -0.877. The summed E-state index contributed by atoms with van der Waals surface area (Å²) in [4.78, 5) is 38.3. The van der Waals surface area contributed by atoms with Gasteiger partial charge >= 0.3 is 5.97 Å². The van der Waals surface area contributed by atoms with Gasteiger partial charge in [0.1, 0.15) is 24.5 Å². The van der Waals surface area contributed by atoms with Crippen molar-refractivity contribution in [3.05, 3.63) is 63.7 Å². The number of unbranched alkanes of at least 4 members (excludes halogenated alkanes) is 2. The lowest BCUT2D eigenvalue weighted by Crippen LogP contribution is -2.39. The van der Waals surface area contributed by atoms with Crippen LogP contribution < -0.4 is 10.1 Å². The monoisotopic (exact) mass is 612 g/mol. The number of aliphatic hydroxyl groups is 3. The fourth-order valence-electron chi connectivity index (χ4n) is 4.52. The number of ether oxygens (including phenoxy) is 2. The number of nitrogens with zero attached hydrogens (tertiary/aromatic N) is 1. The van der Waals surface area contributed by atoms with Crippen molar-refractivity contribution < 1.29 is 44.3 Å². The van der Waals surface area contributed by atoms with Crippen molar-refractivity contribution in [2.45, 2.75) is 76.2 Å². The van der Waals surface area contributed by atoms with Crippen molar-refractivity contribution in [2.24, 2.45) is 11.8 Å². The molecule has 1 saturated carbocycles. The topological polar surface area (TPSA) is 178 Å². The maximum atomic E-state index is 12.1. The molecule has 1 unspecified atom stereocenters. The Balaban J connectivity index is 1.65. The lowest BCUT2D eigenvalue weighted by molar-refractivity contribution is -0.757. The average molecular weight is 613 g/mol. The van der Waals surface area contributed by atoms with E-state index >= 15 is 0 Å². The van der Waals surface area contributed by atoms with Crippen molar-refractivity contribution >= 4 is 23.5 Å². The minimum atomic E-state index is -0.899. The molecule has 0 heterocycles. The first kappa shape index (κ1) is 35.0. The fourth-order valence-corrected chi connectivity index (χ4v) is 4.70. The van der Waals surface area contributed by atoms with Crippen LogP contribution >= 0.6 is 11.6 Å². The minimum Gasteiger partial charge on any atom is -0.491 e. The van der Waals surface area contributed by atoms with E-state index in [1.807, 2.05) is 12.2 Å². The van der Waals surface area contributed by atoms with Gasteiger partial charge in [-0.1, -0.05) is 42.0 Å². The molecule has 4 N–H and O–H groups in total. The van der Waals surface area contributed by atoms with E-state index in [4.69, 9.17) is 21.1 Å². The number of hydrogen-bond donors (Lipinski definition) is 4. The Kier molecular flexibility index (Phi) is 15.9. The molecule has 0 aromatic heterocycles. The average Bonchev–Trinajstić information content (AvgIpc) is 3.21. The largest absolute Gasteiger partial charge is 0.491 e. The first-order valence-electron chi connectivity index (χ1n) is 14.1. The van der Waals surface area contributed by atoms with Crippen LogP contribution in [0.2, 0.25) is 5.02 Å². The molecule has 0 aliphatic heterocycles. The third-order valence-corrected chi connectivity index (χ3v) is 6.98. The summed E-state index contributed by atoms with van der Waals surface area (Å²) in [5.41, 5.74) is 0. The molecule has 234 valence electrons. The summed E-state index contributed by atoms with van der Waals surface area (Å²) >= 11 is 5.93. The van der Waals surface area contributed by atoms with Crippen molar-refractivity contribution in [1.29, 1.82) is 0 Å². The summed E-state index contributed by atoms with van der Waals surface area (Å²) in [6, 6.07) is 6.04. The summed E-state index contributed by atoms with van der Waals surface area (Å²) in [5, 5.41) is 43.5. The molecule has 13 heteroatoms. The number of nitrogens with one attached hydrogen (secondary N) is 1. The predicted octanol–water partition coefficient (Wildman–Crippen LogP) is 3.15. The third-order valence-electron chi connectivity index (χ3n) is 6.75. The smallest absolute Gasteiger partial charge is 0.328 e. The molecule has 12 nitrogen and oxygen atoms in total. The van der Waals surface area contributed by atoms with Crippen LogP contribution in [0.5, 0.6) is 5.75 Å². The summed E-state index contributed by atoms with van der Waals surface area (Å²) < 4.78 is 10.6. The van der Waals surface area contributed by atoms with E-state index in [2.05, 4.69) is 10.2 Å². The highest BCUT2D eigenvalue weighted by atomic mass is 35.5. The van der Waals surface area contributed by atoms with Crippen LogP contribution in [0.1, 0.15) is 51.9 Å². The first-order valence-corrected chi connectivity index (χ1v) is 14.4. The van der Waals surface area contributed by atoms with Gasteiger partial charge in [-0.3, -0.25) is 4.79 Å². The molecular formula is C29H41ClN2O10. The van der Waals surface area contributed by atoms with Gasteiger partial charge in [-0.05, 0) is 63.1 Å². The number of carbonyl (C=O) groups is 2. The summed E-state index contributed by atoms with van der Waals surface area (Å²) in [7, 11) is 0. The highest BCUT2D eigenvalue weighted by molar-refractivity contribution is 6.30. The quantitative estimate of drug-likeness (QED) is 0.0596. The molecule has 1 fully saturated rings. The number of esters is 1. The van der Waals surface area contributed by atoms with Crippen LogP contribution in [0.3, 0.4) is 0 Å². The van der Waals surface area contributed by atoms with Gasteiger partial charge in [0.25, 0.3) is 5.09 Å². The number of halogens is 1. The number of benzene rings is 1. The molecule has 0 radical (unpaired) electrons. The molecule has 42 heavy (non-hydrogen) atoms. The number of rotatable bonds is 19. The van der Waals surface area contributed by atoms with E-state index < -0.39 is 35.4 Å². The molecule has 6 atom stereocenters. The summed E-state index contributed by atoms with van der Waals surface area (Å²) in [6.07, 6.45) is 7.75. The predicted molar refractivity (Wildman–Crippen MR) is 154 cm³/mol. The highest BCUT2D eigenvalue weighted by Crippen LogP contribution is 2.36. The van der Waals surface area contributed by atoms with Crippen molar-refractivity contribution in [1.82, 2.24) is 5.32 Å². The molecule has 0 bridgehead atoms. The zero-order chi connectivity index (χ0) is 30.9. The van der Waals surface area contributed by atoms with Gasteiger partial charge in [-0.25, -0.2) is 4.79 Å². The molecule has 1 aromatic rings. The standard InChI is InChI=1S/C29H41ClN2O10/c1-20(29(37)40-15-6-7-16-42-32(38)39)31-28(36)12-5-3-2-4-11-24-25(27(35)18-26(24)34)14-13-22(33)19-41-23-10-8-9-21(30)17-23/h2,4,8-10,13-14,17,20,22,24-27,33-35H,3,5-7,11-12,15-16,18-19H2,1H3,(H,31,36)/t20?,22-,24-,25-,26+,27-/m1/s1. The Morgan fingerprint density at radius 3 is 2.69 bits per heavy atom. The third kappa shape index (κ3) is 13.6. The molecule has 1 aromatic carbocycles. The Hall–Kier alpha value is -3.19. The minimum absolute atomic E-state index is 0.0178. The molecule has 0 spiro atoms. The van der Waals surface area contributed by atoms with E-state index in [0.29, 0.717) is 42.9 Å². The van der Waals surface area contributed by atoms with E-state index in [-0.39, 0.29) is 50.4 Å². The van der Waals surface area contributed by atoms with Crippen LogP contribution in [0.15, 0.2) is 48.6 Å². The van der Waals surface area contributed by atoms with Gasteiger partial charge in [-0.2, -0.15) is 0 Å². The molecule has 1 amide bonds. The molecule has 1 aliphatic rings. The van der Waals surface area contributed by atoms with Gasteiger partial charge in [0.05, 0.1) is 25.4 Å². The number of hydrogen-bond acceptors (Lipinski definition) is 10. The Bertz CT molecular complexity index is 1050. The van der Waals surface area contributed by atoms with Gasteiger partial charge in [0.2, 0.25) is 5.91 Å². The number of aliphatic hydroxyl groups excluding tert-OH is 3. The van der Waals surface area contributed by atoms with Crippen LogP contribution in [0, 0.1) is 22.0 Å². The Labute approximate surface area is 250 Å². The Morgan fingerprint density at radius 2 is 1.95 bits per heavy atom. The fraction of sp³-hybridized carbons (Fsp3) is 0.586. The van der Waals surface area contributed by atoms with Gasteiger partial charge in [-0.15, -0.1) is 10.1 Å². The normalized spacial score (nSPS) is 21.7. The van der Waals surface area contributed by atoms with Crippen LogP contribution in [-0.2, 0) is 19.2 Å². The van der Waals surface area contributed by atoms with Gasteiger partial charge < -0.3 is 34.9 Å². The van der Waals surface area contributed by atoms with Crippen molar-refractivity contribution in [3.63, 3.8) is 0 Å². The second-order valence-corrected chi connectivity index (χ2v) is 10.6. The molecule has 0 saturated heterocycles.